The van der Waals surface area contributed by atoms with Crippen LogP contribution in [0.2, 0.25) is 0 Å². The minimum absolute atomic E-state index is 0.0291. The smallest absolute Gasteiger partial charge is 0.193 e. The lowest BCUT2D eigenvalue weighted by atomic mass is 9.89. The third kappa shape index (κ3) is 3.15. The molecule has 0 spiro atoms. The Bertz CT molecular complexity index is 549. The maximum absolute atomic E-state index is 6.57. The average Bonchev–Trinajstić information content (AvgIpc) is 2.89. The average molecular weight is 306 g/mol. The molecule has 0 saturated carbocycles. The van der Waals surface area contributed by atoms with E-state index < -0.39 is 0 Å². The molecule has 3 heterocycles. The zero-order valence-corrected chi connectivity index (χ0v) is 13.9. The van der Waals surface area contributed by atoms with E-state index in [9.17, 15) is 0 Å². The quantitative estimate of drug-likeness (QED) is 0.945. The van der Waals surface area contributed by atoms with Gasteiger partial charge in [0.2, 0.25) is 0 Å². The summed E-state index contributed by atoms with van der Waals surface area (Å²) in [6.45, 7) is 6.95. The predicted molar refractivity (Wildman–Crippen MR) is 88.9 cm³/mol. The Hall–Kier alpha value is -0.910. The molecule has 116 valence electrons. The van der Waals surface area contributed by atoms with Gasteiger partial charge in [0.1, 0.15) is 0 Å². The van der Waals surface area contributed by atoms with Crippen molar-refractivity contribution in [2.24, 2.45) is 5.73 Å². The zero-order valence-electron chi connectivity index (χ0n) is 13.1. The molecule has 5 heteroatoms. The molecule has 4 nitrogen and oxygen atoms in total. The van der Waals surface area contributed by atoms with Gasteiger partial charge in [-0.15, -0.1) is 11.3 Å². The lowest BCUT2D eigenvalue weighted by Gasteiger charge is -2.42. The number of nitrogens with zero attached hydrogens (tertiary/aromatic N) is 3. The van der Waals surface area contributed by atoms with E-state index in [4.69, 9.17) is 5.73 Å². The van der Waals surface area contributed by atoms with Crippen LogP contribution in [0, 0.1) is 0 Å². The Balaban J connectivity index is 1.70. The van der Waals surface area contributed by atoms with Gasteiger partial charge in [0.25, 0.3) is 0 Å². The van der Waals surface area contributed by atoms with Crippen molar-refractivity contribution in [2.45, 2.75) is 57.5 Å². The first-order valence-corrected chi connectivity index (χ1v) is 8.87. The number of rotatable bonds is 4. The van der Waals surface area contributed by atoms with Gasteiger partial charge in [0, 0.05) is 35.8 Å². The molecular weight excluding hydrogens is 280 g/mol. The Morgan fingerprint density at radius 2 is 2.00 bits per heavy atom. The molecule has 21 heavy (non-hydrogen) atoms. The maximum Gasteiger partial charge on any atom is 0.193 e. The van der Waals surface area contributed by atoms with Gasteiger partial charge in [-0.05, 0) is 39.8 Å². The van der Waals surface area contributed by atoms with E-state index in [1.807, 2.05) is 0 Å². The minimum Gasteiger partial charge on any atom is -0.326 e. The highest BCUT2D eigenvalue weighted by Gasteiger charge is 2.33. The molecule has 1 fully saturated rings. The second kappa shape index (κ2) is 6.07. The number of aromatic nitrogens is 2. The largest absolute Gasteiger partial charge is 0.326 e. The van der Waals surface area contributed by atoms with Crippen LogP contribution < -0.4 is 5.73 Å². The van der Waals surface area contributed by atoms with E-state index in [0.717, 1.165) is 17.1 Å². The Morgan fingerprint density at radius 1 is 1.29 bits per heavy atom. The Morgan fingerprint density at radius 3 is 2.67 bits per heavy atom. The second-order valence-electron chi connectivity index (χ2n) is 6.69. The molecule has 1 atom stereocenters. The molecule has 1 aliphatic heterocycles. The first-order valence-electron chi connectivity index (χ1n) is 7.99. The molecule has 3 rings (SSSR count). The van der Waals surface area contributed by atoms with E-state index in [-0.39, 0.29) is 11.6 Å². The molecule has 2 N–H and O–H groups in total. The van der Waals surface area contributed by atoms with Gasteiger partial charge in [-0.2, -0.15) is 0 Å². The lowest BCUT2D eigenvalue weighted by molar-refractivity contribution is 0.0976. The molecule has 1 aliphatic rings. The normalized spacial score (nSPS) is 19.8. The summed E-state index contributed by atoms with van der Waals surface area (Å²) < 4.78 is 2.09. The van der Waals surface area contributed by atoms with Crippen LogP contribution in [0.25, 0.3) is 4.96 Å². The fourth-order valence-electron chi connectivity index (χ4n) is 3.23. The molecule has 2 aromatic rings. The monoisotopic (exact) mass is 306 g/mol. The van der Waals surface area contributed by atoms with Crippen LogP contribution in [0.15, 0.2) is 17.8 Å². The third-order valence-electron chi connectivity index (χ3n) is 4.90. The molecule has 0 radical (unpaired) electrons. The van der Waals surface area contributed by atoms with Crippen LogP contribution in [0.1, 0.15) is 45.2 Å². The van der Waals surface area contributed by atoms with Gasteiger partial charge < -0.3 is 5.73 Å². The van der Waals surface area contributed by atoms with Crippen LogP contribution in [0.4, 0.5) is 0 Å². The third-order valence-corrected chi connectivity index (χ3v) is 5.67. The molecule has 2 aromatic heterocycles. The highest BCUT2D eigenvalue weighted by atomic mass is 32.1. The van der Waals surface area contributed by atoms with Crippen molar-refractivity contribution in [3.05, 3.63) is 23.5 Å². The summed E-state index contributed by atoms with van der Waals surface area (Å²) in [5, 5.41) is 2.06. The summed E-state index contributed by atoms with van der Waals surface area (Å²) in [4.78, 5) is 8.32. The summed E-state index contributed by atoms with van der Waals surface area (Å²) in [6, 6.07) is 0.111. The summed E-state index contributed by atoms with van der Waals surface area (Å²) >= 11 is 1.67. The van der Waals surface area contributed by atoms with Crippen LogP contribution >= 0.6 is 11.3 Å². The van der Waals surface area contributed by atoms with Gasteiger partial charge in [-0.3, -0.25) is 9.30 Å². The fourth-order valence-corrected chi connectivity index (χ4v) is 3.95. The SMILES string of the molecule is CC(C)(C(N)Cc1cn2ccsc2n1)N1CCCCCC1. The highest BCUT2D eigenvalue weighted by molar-refractivity contribution is 7.15. The number of hydrogen-bond donors (Lipinski definition) is 1. The van der Waals surface area contributed by atoms with Crippen LogP contribution in [-0.4, -0.2) is 39.0 Å². The first-order chi connectivity index (χ1) is 10.1. The number of thiazole rings is 1. The second-order valence-corrected chi connectivity index (χ2v) is 7.56. The number of nitrogens with two attached hydrogens (primary N) is 1. The molecule has 0 bridgehead atoms. The first kappa shape index (κ1) is 15.0. The number of hydrogen-bond acceptors (Lipinski definition) is 4. The number of likely N-dealkylation sites (tertiary alicyclic amines) is 1. The van der Waals surface area contributed by atoms with E-state index in [2.05, 4.69) is 45.9 Å². The van der Waals surface area contributed by atoms with Crippen molar-refractivity contribution in [1.29, 1.82) is 0 Å². The highest BCUT2D eigenvalue weighted by Crippen LogP contribution is 2.24. The van der Waals surface area contributed by atoms with Crippen molar-refractivity contribution in [1.82, 2.24) is 14.3 Å². The zero-order chi connectivity index (χ0) is 14.9. The molecule has 0 amide bonds. The van der Waals surface area contributed by atoms with Gasteiger partial charge in [0.15, 0.2) is 4.96 Å². The van der Waals surface area contributed by atoms with Crippen molar-refractivity contribution in [2.75, 3.05) is 13.1 Å². The van der Waals surface area contributed by atoms with E-state index in [0.29, 0.717) is 0 Å². The topological polar surface area (TPSA) is 46.6 Å². The summed E-state index contributed by atoms with van der Waals surface area (Å²) in [5.74, 6) is 0. The van der Waals surface area contributed by atoms with Crippen molar-refractivity contribution >= 4 is 16.3 Å². The van der Waals surface area contributed by atoms with Gasteiger partial charge >= 0.3 is 0 Å². The number of imidazole rings is 1. The predicted octanol–water partition coefficient (Wildman–Crippen LogP) is 2.92. The van der Waals surface area contributed by atoms with Crippen LogP contribution in [0.5, 0.6) is 0 Å². The van der Waals surface area contributed by atoms with Gasteiger partial charge in [-0.1, -0.05) is 12.8 Å². The molecule has 0 aliphatic carbocycles. The summed E-state index contributed by atoms with van der Waals surface area (Å²) in [5.41, 5.74) is 7.71. The standard InChI is InChI=1S/C16H26N4S/c1-16(2,20-7-5-3-4-6-8-20)14(17)11-13-12-19-9-10-21-15(19)18-13/h9-10,12,14H,3-8,11,17H2,1-2H3. The molecule has 0 aromatic carbocycles. The molecule has 1 saturated heterocycles. The summed E-state index contributed by atoms with van der Waals surface area (Å²) in [6.07, 6.45) is 10.3. The molecule has 1 unspecified atom stereocenters. The van der Waals surface area contributed by atoms with Crippen LogP contribution in [-0.2, 0) is 6.42 Å². The minimum atomic E-state index is 0.0291. The fraction of sp³-hybridized carbons (Fsp3) is 0.688. The van der Waals surface area contributed by atoms with E-state index >= 15 is 0 Å². The number of fused-ring (bicyclic) bond motifs is 1. The Kier molecular flexibility index (Phi) is 4.33. The van der Waals surface area contributed by atoms with Crippen molar-refractivity contribution in [3.8, 4) is 0 Å². The lowest BCUT2D eigenvalue weighted by Crippen LogP contribution is -2.57. The molecular formula is C16H26N4S. The summed E-state index contributed by atoms with van der Waals surface area (Å²) in [7, 11) is 0. The maximum atomic E-state index is 6.57. The van der Waals surface area contributed by atoms with Crippen LogP contribution in [0.3, 0.4) is 0 Å². The van der Waals surface area contributed by atoms with E-state index in [1.54, 1.807) is 11.3 Å². The van der Waals surface area contributed by atoms with Crippen molar-refractivity contribution in [3.63, 3.8) is 0 Å². The van der Waals surface area contributed by atoms with Crippen molar-refractivity contribution < 1.29 is 0 Å². The Labute approximate surface area is 131 Å². The van der Waals surface area contributed by atoms with Gasteiger partial charge in [-0.25, -0.2) is 4.98 Å². The van der Waals surface area contributed by atoms with Gasteiger partial charge in [0.05, 0.1) is 5.69 Å². The van der Waals surface area contributed by atoms with E-state index in [1.165, 1.54) is 38.8 Å².